The van der Waals surface area contributed by atoms with Gasteiger partial charge in [0.05, 0.1) is 0 Å². The van der Waals surface area contributed by atoms with E-state index in [4.69, 9.17) is 0 Å². The Bertz CT molecular complexity index is 521. The lowest BCUT2D eigenvalue weighted by atomic mass is 10.1. The van der Waals surface area contributed by atoms with Crippen LogP contribution >= 0.6 is 0 Å². The average Bonchev–Trinajstić information content (AvgIpc) is 2.44. The van der Waals surface area contributed by atoms with Gasteiger partial charge in [0.15, 0.2) is 0 Å². The first-order valence-electron chi connectivity index (χ1n) is 6.60. The monoisotopic (exact) mass is 259 g/mol. The molecule has 0 spiro atoms. The van der Waals surface area contributed by atoms with E-state index in [1.807, 2.05) is 76.2 Å². The minimum atomic E-state index is -0.0751. The van der Waals surface area contributed by atoms with E-state index >= 15 is 0 Å². The number of rotatable bonds is 2. The van der Waals surface area contributed by atoms with Crippen LogP contribution in [-0.4, -0.2) is 5.91 Å². The average molecular weight is 259 g/mol. The lowest BCUT2D eigenvalue weighted by Crippen LogP contribution is -2.11. The van der Waals surface area contributed by atoms with Crippen LogP contribution < -0.4 is 5.32 Å². The molecule has 0 bridgehead atoms. The Kier molecular flexibility index (Phi) is 5.80. The Morgan fingerprint density at radius 3 is 1.74 bits per heavy atom. The van der Waals surface area contributed by atoms with Gasteiger partial charge in [-0.25, -0.2) is 0 Å². The van der Waals surface area contributed by atoms with Crippen molar-refractivity contribution in [3.05, 3.63) is 65.2 Å². The number of anilines is 1. The van der Waals surface area contributed by atoms with E-state index in [1.54, 1.807) is 0 Å². The summed E-state index contributed by atoms with van der Waals surface area (Å²) in [6.45, 7) is 8.02. The maximum atomic E-state index is 11.9. The molecule has 0 fully saturated rings. The van der Waals surface area contributed by atoms with Crippen molar-refractivity contribution < 1.29 is 7.65 Å². The molecule has 0 aromatic heterocycles. The summed E-state index contributed by atoms with van der Waals surface area (Å²) in [4.78, 5) is 11.9. The molecule has 1 N–H and O–H groups in total. The van der Waals surface area contributed by atoms with Crippen molar-refractivity contribution in [1.29, 1.82) is 0 Å². The smallest absolute Gasteiger partial charge is 0.255 e. The van der Waals surface area contributed by atoms with Crippen LogP contribution in [0, 0.1) is 13.8 Å². The van der Waals surface area contributed by atoms with Gasteiger partial charge in [-0.05, 0) is 38.1 Å². The molecule has 0 unspecified atom stereocenters. The molecule has 19 heavy (non-hydrogen) atoms. The molecule has 0 heterocycles. The topological polar surface area (TPSA) is 29.1 Å². The predicted molar refractivity (Wildman–Crippen MR) is 85.9 cm³/mol. The molecule has 0 aliphatic rings. The molecule has 2 rings (SSSR count). The molecule has 2 nitrogen and oxygen atoms in total. The molecular formula is C17H25NO. The van der Waals surface area contributed by atoms with Crippen LogP contribution in [0.15, 0.2) is 48.5 Å². The van der Waals surface area contributed by atoms with Crippen molar-refractivity contribution in [3.63, 3.8) is 0 Å². The van der Waals surface area contributed by atoms with E-state index in [0.717, 1.165) is 11.3 Å². The lowest BCUT2D eigenvalue weighted by Gasteiger charge is -2.05. The summed E-state index contributed by atoms with van der Waals surface area (Å²) in [7, 11) is 0. The van der Waals surface area contributed by atoms with Gasteiger partial charge in [-0.3, -0.25) is 4.79 Å². The van der Waals surface area contributed by atoms with Gasteiger partial charge >= 0.3 is 0 Å². The first-order valence-corrected chi connectivity index (χ1v) is 6.60. The van der Waals surface area contributed by atoms with Crippen molar-refractivity contribution in [2.24, 2.45) is 0 Å². The summed E-state index contributed by atoms with van der Waals surface area (Å²) in [6.07, 6.45) is 0. The molecule has 0 saturated carbocycles. The van der Waals surface area contributed by atoms with Gasteiger partial charge in [0.1, 0.15) is 0 Å². The van der Waals surface area contributed by atoms with Crippen molar-refractivity contribution in [2.75, 3.05) is 5.32 Å². The second kappa shape index (κ2) is 7.37. The minimum Gasteiger partial charge on any atom is -0.322 e. The number of carbonyl (C=O) groups excluding carboxylic acids is 1. The quantitative estimate of drug-likeness (QED) is 0.801. The first-order chi connectivity index (χ1) is 9.15. The molecule has 104 valence electrons. The fourth-order valence-electron chi connectivity index (χ4n) is 1.55. The third-order valence-corrected chi connectivity index (χ3v) is 2.62. The summed E-state index contributed by atoms with van der Waals surface area (Å²) >= 11 is 0. The number of amides is 1. The number of carbonyl (C=O) groups is 1. The van der Waals surface area contributed by atoms with E-state index in [9.17, 15) is 4.79 Å². The normalized spacial score (nSPS) is 9.26. The highest BCUT2D eigenvalue weighted by Crippen LogP contribution is 2.11. The van der Waals surface area contributed by atoms with Crippen LogP contribution in [0.4, 0.5) is 5.69 Å². The van der Waals surface area contributed by atoms with Gasteiger partial charge < -0.3 is 5.32 Å². The Labute approximate surface area is 118 Å². The Hall–Kier alpha value is -2.09. The molecule has 2 heteroatoms. The maximum Gasteiger partial charge on any atom is 0.255 e. The molecule has 0 atom stereocenters. The zero-order chi connectivity index (χ0) is 14.3. The zero-order valence-electron chi connectivity index (χ0n) is 12.0. The van der Waals surface area contributed by atoms with Gasteiger partial charge in [0.2, 0.25) is 0 Å². The molecular weight excluding hydrogens is 234 g/mol. The van der Waals surface area contributed by atoms with Gasteiger partial charge in [0.25, 0.3) is 5.91 Å². The number of aryl methyl sites for hydroxylation is 2. The summed E-state index contributed by atoms with van der Waals surface area (Å²) in [6, 6.07) is 15.3. The first kappa shape index (κ1) is 15.0. The molecule has 0 radical (unpaired) electrons. The third kappa shape index (κ3) is 4.59. The zero-order valence-corrected chi connectivity index (χ0v) is 12.0. The maximum absolute atomic E-state index is 11.9. The SMILES string of the molecule is CC.Cc1ccc(NC(=O)c2ccc(C)cc2)cc1.[HH].[HH]. The molecule has 1 amide bonds. The molecule has 0 aliphatic carbocycles. The number of benzene rings is 2. The fraction of sp³-hybridized carbons (Fsp3) is 0.235. The highest BCUT2D eigenvalue weighted by Gasteiger charge is 2.04. The summed E-state index contributed by atoms with van der Waals surface area (Å²) in [5, 5.41) is 2.87. The van der Waals surface area contributed by atoms with Crippen LogP contribution in [0.25, 0.3) is 0 Å². The van der Waals surface area contributed by atoms with E-state index in [-0.39, 0.29) is 8.76 Å². The van der Waals surface area contributed by atoms with Crippen molar-refractivity contribution in [3.8, 4) is 0 Å². The largest absolute Gasteiger partial charge is 0.322 e. The van der Waals surface area contributed by atoms with Crippen molar-refractivity contribution in [2.45, 2.75) is 27.7 Å². The van der Waals surface area contributed by atoms with Crippen LogP contribution in [0.5, 0.6) is 0 Å². The number of hydrogen-bond donors (Lipinski definition) is 1. The molecule has 2 aromatic rings. The van der Waals surface area contributed by atoms with Gasteiger partial charge in [-0.1, -0.05) is 49.2 Å². The van der Waals surface area contributed by atoms with Crippen molar-refractivity contribution >= 4 is 11.6 Å². The van der Waals surface area contributed by atoms with E-state index in [1.165, 1.54) is 5.56 Å². The van der Waals surface area contributed by atoms with E-state index < -0.39 is 0 Å². The second-order valence-corrected chi connectivity index (χ2v) is 4.19. The van der Waals surface area contributed by atoms with Crippen molar-refractivity contribution in [1.82, 2.24) is 0 Å². The Balaban J connectivity index is 0. The minimum absolute atomic E-state index is 0. The highest BCUT2D eigenvalue weighted by molar-refractivity contribution is 6.04. The predicted octanol–water partition coefficient (Wildman–Crippen LogP) is 5.07. The van der Waals surface area contributed by atoms with Crippen LogP contribution in [0.1, 0.15) is 38.2 Å². The highest BCUT2D eigenvalue weighted by atomic mass is 16.1. The number of hydrogen-bond acceptors (Lipinski definition) is 1. The molecule has 0 aliphatic heterocycles. The Morgan fingerprint density at radius 1 is 0.842 bits per heavy atom. The summed E-state index contributed by atoms with van der Waals surface area (Å²) < 4.78 is 0. The van der Waals surface area contributed by atoms with Gasteiger partial charge in [-0.2, -0.15) is 0 Å². The second-order valence-electron chi connectivity index (χ2n) is 4.19. The van der Waals surface area contributed by atoms with E-state index in [0.29, 0.717) is 5.56 Å². The van der Waals surface area contributed by atoms with Gasteiger partial charge in [-0.15, -0.1) is 0 Å². The number of nitrogens with one attached hydrogen (secondary N) is 1. The summed E-state index contributed by atoms with van der Waals surface area (Å²) in [5.74, 6) is -0.0751. The standard InChI is InChI=1S/C15H15NO.C2H6.2H2/c1-11-3-7-13(8-4-11)15(17)16-14-9-5-12(2)6-10-14;1-2;;/h3-10H,1-2H3,(H,16,17);1-2H3;2*1H. The third-order valence-electron chi connectivity index (χ3n) is 2.62. The van der Waals surface area contributed by atoms with Gasteiger partial charge in [0, 0.05) is 14.1 Å². The summed E-state index contributed by atoms with van der Waals surface area (Å²) in [5.41, 5.74) is 3.83. The molecule has 2 aromatic carbocycles. The fourth-order valence-corrected chi connectivity index (χ4v) is 1.55. The van der Waals surface area contributed by atoms with Crippen LogP contribution in [0.3, 0.4) is 0 Å². The van der Waals surface area contributed by atoms with E-state index in [2.05, 4.69) is 5.32 Å². The molecule has 0 saturated heterocycles. The lowest BCUT2D eigenvalue weighted by molar-refractivity contribution is 0.102. The Morgan fingerprint density at radius 2 is 1.26 bits per heavy atom. The van der Waals surface area contributed by atoms with Crippen LogP contribution in [0.2, 0.25) is 0 Å². The van der Waals surface area contributed by atoms with Crippen LogP contribution in [-0.2, 0) is 0 Å².